The second-order valence-electron chi connectivity index (χ2n) is 5.56. The fraction of sp³-hybridized carbons (Fsp3) is 0.562. The molecule has 1 saturated heterocycles. The molecular weight excluding hydrogens is 300 g/mol. The highest BCUT2D eigenvalue weighted by Crippen LogP contribution is 2.27. The molecular formula is C16H22N2O5. The third-order valence-electron chi connectivity index (χ3n) is 4.08. The Morgan fingerprint density at radius 3 is 2.65 bits per heavy atom. The van der Waals surface area contributed by atoms with E-state index in [1.807, 2.05) is 6.92 Å². The highest BCUT2D eigenvalue weighted by atomic mass is 16.6. The largest absolute Gasteiger partial charge is 0.496 e. The van der Waals surface area contributed by atoms with E-state index in [1.165, 1.54) is 6.07 Å². The zero-order valence-corrected chi connectivity index (χ0v) is 13.5. The number of non-ortho nitro benzene ring substituents is 1. The maximum absolute atomic E-state index is 11.7. The van der Waals surface area contributed by atoms with Crippen molar-refractivity contribution in [2.75, 3.05) is 26.8 Å². The second kappa shape index (κ2) is 7.92. The summed E-state index contributed by atoms with van der Waals surface area (Å²) in [6, 6.07) is 4.62. The summed E-state index contributed by atoms with van der Waals surface area (Å²) in [6.45, 7) is 4.30. The topological polar surface area (TPSA) is 81.9 Å². The average Bonchev–Trinajstić information content (AvgIpc) is 2.55. The van der Waals surface area contributed by atoms with Crippen LogP contribution in [0.25, 0.3) is 0 Å². The lowest BCUT2D eigenvalue weighted by atomic mass is 9.96. The van der Waals surface area contributed by atoms with Crippen LogP contribution in [-0.2, 0) is 16.1 Å². The van der Waals surface area contributed by atoms with Gasteiger partial charge in [0.2, 0.25) is 0 Å². The SMILES string of the molecule is CCOC(=O)C1CCN(Cc2cc([N+](=O)[O-])ccc2OC)CC1. The molecule has 126 valence electrons. The molecule has 0 bridgehead atoms. The van der Waals surface area contributed by atoms with Gasteiger partial charge in [0.1, 0.15) is 5.75 Å². The lowest BCUT2D eigenvalue weighted by Crippen LogP contribution is -2.36. The van der Waals surface area contributed by atoms with Crippen LogP contribution in [0.2, 0.25) is 0 Å². The van der Waals surface area contributed by atoms with Gasteiger partial charge in [0.05, 0.1) is 24.6 Å². The fourth-order valence-electron chi connectivity index (χ4n) is 2.83. The zero-order valence-electron chi connectivity index (χ0n) is 13.5. The third-order valence-corrected chi connectivity index (χ3v) is 4.08. The number of esters is 1. The van der Waals surface area contributed by atoms with Crippen LogP contribution >= 0.6 is 0 Å². The van der Waals surface area contributed by atoms with E-state index in [4.69, 9.17) is 9.47 Å². The Morgan fingerprint density at radius 1 is 1.39 bits per heavy atom. The number of rotatable bonds is 6. The molecule has 1 heterocycles. The van der Waals surface area contributed by atoms with Crippen molar-refractivity contribution < 1.29 is 19.2 Å². The van der Waals surface area contributed by atoms with Crippen molar-refractivity contribution in [3.63, 3.8) is 0 Å². The number of nitro benzene ring substituents is 1. The Bertz CT molecular complexity index is 568. The summed E-state index contributed by atoms with van der Waals surface area (Å²) in [5, 5.41) is 10.9. The summed E-state index contributed by atoms with van der Waals surface area (Å²) in [4.78, 5) is 24.4. The van der Waals surface area contributed by atoms with E-state index in [0.717, 1.165) is 31.5 Å². The molecule has 2 rings (SSSR count). The van der Waals surface area contributed by atoms with Crippen LogP contribution in [0.1, 0.15) is 25.3 Å². The first kappa shape index (κ1) is 17.2. The standard InChI is InChI=1S/C16H22N2O5/c1-3-23-16(19)12-6-8-17(9-7-12)11-13-10-14(18(20)21)4-5-15(13)22-2/h4-5,10,12H,3,6-9,11H2,1-2H3. The van der Waals surface area contributed by atoms with E-state index in [1.54, 1.807) is 19.2 Å². The van der Waals surface area contributed by atoms with Gasteiger partial charge >= 0.3 is 5.97 Å². The first-order chi connectivity index (χ1) is 11.0. The molecule has 1 aromatic carbocycles. The molecule has 0 atom stereocenters. The molecule has 0 spiro atoms. The maximum Gasteiger partial charge on any atom is 0.309 e. The Morgan fingerprint density at radius 2 is 2.09 bits per heavy atom. The number of carbonyl (C=O) groups is 1. The minimum Gasteiger partial charge on any atom is -0.496 e. The summed E-state index contributed by atoms with van der Waals surface area (Å²) >= 11 is 0. The van der Waals surface area contributed by atoms with Crippen molar-refractivity contribution in [3.05, 3.63) is 33.9 Å². The van der Waals surface area contributed by atoms with E-state index < -0.39 is 4.92 Å². The maximum atomic E-state index is 11.7. The normalized spacial score (nSPS) is 16.1. The number of carbonyl (C=O) groups excluding carboxylic acids is 1. The Kier molecular flexibility index (Phi) is 5.92. The van der Waals surface area contributed by atoms with Crippen LogP contribution in [0.4, 0.5) is 5.69 Å². The molecule has 7 heteroatoms. The van der Waals surface area contributed by atoms with E-state index in [0.29, 0.717) is 18.9 Å². The van der Waals surface area contributed by atoms with Crippen LogP contribution in [0.5, 0.6) is 5.75 Å². The molecule has 0 aliphatic carbocycles. The number of nitrogens with zero attached hydrogens (tertiary/aromatic N) is 2. The first-order valence-corrected chi connectivity index (χ1v) is 7.75. The minimum absolute atomic E-state index is 0.0433. The number of ether oxygens (including phenoxy) is 2. The Balaban J connectivity index is 1.99. The van der Waals surface area contributed by atoms with Gasteiger partial charge in [0, 0.05) is 24.2 Å². The highest BCUT2D eigenvalue weighted by Gasteiger charge is 2.26. The average molecular weight is 322 g/mol. The Labute approximate surface area is 135 Å². The van der Waals surface area contributed by atoms with Crippen LogP contribution in [0.3, 0.4) is 0 Å². The molecule has 1 fully saturated rings. The number of likely N-dealkylation sites (tertiary alicyclic amines) is 1. The van der Waals surface area contributed by atoms with E-state index >= 15 is 0 Å². The summed E-state index contributed by atoms with van der Waals surface area (Å²) < 4.78 is 10.4. The van der Waals surface area contributed by atoms with E-state index in [2.05, 4.69) is 4.90 Å². The minimum atomic E-state index is -0.407. The van der Waals surface area contributed by atoms with Crippen LogP contribution in [0.15, 0.2) is 18.2 Å². The highest BCUT2D eigenvalue weighted by molar-refractivity contribution is 5.72. The van der Waals surface area contributed by atoms with Crippen molar-refractivity contribution in [3.8, 4) is 5.75 Å². The number of hydrogen-bond acceptors (Lipinski definition) is 6. The van der Waals surface area contributed by atoms with Crippen molar-refractivity contribution in [2.45, 2.75) is 26.3 Å². The predicted molar refractivity (Wildman–Crippen MR) is 84.3 cm³/mol. The molecule has 0 saturated carbocycles. The van der Waals surface area contributed by atoms with E-state index in [9.17, 15) is 14.9 Å². The fourth-order valence-corrected chi connectivity index (χ4v) is 2.83. The van der Waals surface area contributed by atoms with E-state index in [-0.39, 0.29) is 17.6 Å². The quantitative estimate of drug-likeness (QED) is 0.454. The first-order valence-electron chi connectivity index (χ1n) is 7.75. The Hall–Kier alpha value is -2.15. The van der Waals surface area contributed by atoms with Gasteiger partial charge in [-0.25, -0.2) is 0 Å². The van der Waals surface area contributed by atoms with Crippen molar-refractivity contribution in [2.24, 2.45) is 5.92 Å². The third kappa shape index (κ3) is 4.41. The summed E-state index contributed by atoms with van der Waals surface area (Å²) in [6.07, 6.45) is 1.49. The summed E-state index contributed by atoms with van der Waals surface area (Å²) in [7, 11) is 1.55. The molecule has 0 unspecified atom stereocenters. The van der Waals surface area contributed by atoms with Crippen molar-refractivity contribution in [1.82, 2.24) is 4.90 Å². The predicted octanol–water partition coefficient (Wildman–Crippen LogP) is 2.38. The molecule has 1 aliphatic rings. The lowest BCUT2D eigenvalue weighted by Gasteiger charge is -2.31. The number of hydrogen-bond donors (Lipinski definition) is 0. The molecule has 0 aromatic heterocycles. The van der Waals surface area contributed by atoms with Gasteiger partial charge in [-0.05, 0) is 38.9 Å². The van der Waals surface area contributed by atoms with Crippen molar-refractivity contribution in [1.29, 1.82) is 0 Å². The second-order valence-corrected chi connectivity index (χ2v) is 5.56. The van der Waals surface area contributed by atoms with Crippen LogP contribution in [0, 0.1) is 16.0 Å². The molecule has 0 radical (unpaired) electrons. The van der Waals surface area contributed by atoms with Gasteiger partial charge in [0.15, 0.2) is 0 Å². The summed E-state index contributed by atoms with van der Waals surface area (Å²) in [5.41, 5.74) is 0.846. The zero-order chi connectivity index (χ0) is 16.8. The molecule has 1 aromatic rings. The number of piperidine rings is 1. The monoisotopic (exact) mass is 322 g/mol. The number of nitro groups is 1. The van der Waals surface area contributed by atoms with Gasteiger partial charge in [-0.15, -0.1) is 0 Å². The molecule has 0 amide bonds. The van der Waals surface area contributed by atoms with Gasteiger partial charge in [-0.2, -0.15) is 0 Å². The van der Waals surface area contributed by atoms with Gasteiger partial charge < -0.3 is 9.47 Å². The van der Waals surface area contributed by atoms with Gasteiger partial charge in [0.25, 0.3) is 5.69 Å². The van der Waals surface area contributed by atoms with Crippen LogP contribution < -0.4 is 4.74 Å². The van der Waals surface area contributed by atoms with Gasteiger partial charge in [-0.3, -0.25) is 19.8 Å². The number of methoxy groups -OCH3 is 1. The number of benzene rings is 1. The molecule has 0 N–H and O–H groups in total. The molecule has 23 heavy (non-hydrogen) atoms. The van der Waals surface area contributed by atoms with Crippen LogP contribution in [-0.4, -0.2) is 42.6 Å². The molecule has 1 aliphatic heterocycles. The smallest absolute Gasteiger partial charge is 0.309 e. The molecule has 7 nitrogen and oxygen atoms in total. The lowest BCUT2D eigenvalue weighted by molar-refractivity contribution is -0.385. The van der Waals surface area contributed by atoms with Gasteiger partial charge in [-0.1, -0.05) is 0 Å². The van der Waals surface area contributed by atoms with Crippen molar-refractivity contribution >= 4 is 11.7 Å². The summed E-state index contributed by atoms with van der Waals surface area (Å²) in [5.74, 6) is 0.474.